The van der Waals surface area contributed by atoms with Crippen molar-refractivity contribution in [1.82, 2.24) is 20.1 Å². The first-order chi connectivity index (χ1) is 22.7. The number of carbonyl (C=O) groups excluding carboxylic acids is 4. The van der Waals surface area contributed by atoms with Crippen LogP contribution in [0.1, 0.15) is 68.1 Å². The number of amides is 2. The Kier molecular flexibility index (Phi) is 12.5. The molecule has 4 aromatic rings. The van der Waals surface area contributed by atoms with Crippen LogP contribution in [-0.2, 0) is 33.8 Å². The van der Waals surface area contributed by atoms with Crippen molar-refractivity contribution in [2.45, 2.75) is 57.6 Å². The number of hydrogen-bond donors (Lipinski definition) is 2. The minimum Gasteiger partial charge on any atom is -0.497 e. The fourth-order valence-corrected chi connectivity index (χ4v) is 6.53. The molecule has 2 aromatic carbocycles. The first kappa shape index (κ1) is 35.2. The van der Waals surface area contributed by atoms with Gasteiger partial charge in [0, 0.05) is 12.1 Å². The highest BCUT2D eigenvalue weighted by molar-refractivity contribution is 8.00. The zero-order chi connectivity index (χ0) is 33.9. The summed E-state index contributed by atoms with van der Waals surface area (Å²) in [6, 6.07) is 16.7. The number of nitrogens with one attached hydrogen (secondary N) is 2. The SMILES string of the molecule is CCOC(=O)c1sc(NC(=O)[C@@H](C)Sc2nnc(CNC(=O)c3cccc(OC)c3)n2CCc2ccccc2)c(C(=O)OCC)c1C. The van der Waals surface area contributed by atoms with Crippen LogP contribution in [0.25, 0.3) is 0 Å². The number of benzene rings is 2. The van der Waals surface area contributed by atoms with E-state index in [1.807, 2.05) is 34.9 Å². The number of carbonyl (C=O) groups is 4. The summed E-state index contributed by atoms with van der Waals surface area (Å²) in [5.41, 5.74) is 2.04. The molecule has 0 radical (unpaired) electrons. The van der Waals surface area contributed by atoms with E-state index in [4.69, 9.17) is 14.2 Å². The minimum absolute atomic E-state index is 0.104. The molecule has 2 heterocycles. The predicted molar refractivity (Wildman–Crippen MR) is 179 cm³/mol. The van der Waals surface area contributed by atoms with E-state index in [-0.39, 0.29) is 41.1 Å². The highest BCUT2D eigenvalue weighted by Crippen LogP contribution is 2.35. The van der Waals surface area contributed by atoms with E-state index in [1.165, 1.54) is 18.9 Å². The van der Waals surface area contributed by atoms with Crippen molar-refractivity contribution in [3.63, 3.8) is 0 Å². The van der Waals surface area contributed by atoms with Gasteiger partial charge in [0.2, 0.25) is 5.91 Å². The monoisotopic (exact) mass is 679 g/mol. The van der Waals surface area contributed by atoms with E-state index >= 15 is 0 Å². The molecule has 2 aromatic heterocycles. The summed E-state index contributed by atoms with van der Waals surface area (Å²) in [5, 5.41) is 14.4. The first-order valence-electron chi connectivity index (χ1n) is 15.0. The van der Waals surface area contributed by atoms with Crippen molar-refractivity contribution in [3.05, 3.63) is 87.6 Å². The zero-order valence-corrected chi connectivity index (χ0v) is 28.5. The molecule has 248 valence electrons. The number of rotatable bonds is 15. The van der Waals surface area contributed by atoms with Crippen molar-refractivity contribution >= 4 is 51.9 Å². The highest BCUT2D eigenvalue weighted by atomic mass is 32.2. The maximum absolute atomic E-state index is 13.5. The Morgan fingerprint density at radius 3 is 2.40 bits per heavy atom. The van der Waals surface area contributed by atoms with Crippen LogP contribution >= 0.6 is 23.1 Å². The molecule has 0 aliphatic heterocycles. The van der Waals surface area contributed by atoms with Crippen LogP contribution in [-0.4, -0.2) is 64.1 Å². The smallest absolute Gasteiger partial charge is 0.348 e. The van der Waals surface area contributed by atoms with Gasteiger partial charge < -0.3 is 29.4 Å². The quantitative estimate of drug-likeness (QED) is 0.125. The number of hydrogen-bond acceptors (Lipinski definition) is 11. The molecule has 0 aliphatic carbocycles. The van der Waals surface area contributed by atoms with Gasteiger partial charge in [-0.1, -0.05) is 48.2 Å². The van der Waals surface area contributed by atoms with E-state index in [0.29, 0.717) is 40.8 Å². The summed E-state index contributed by atoms with van der Waals surface area (Å²) in [7, 11) is 1.54. The molecule has 2 amide bonds. The van der Waals surface area contributed by atoms with Crippen LogP contribution in [0, 0.1) is 6.92 Å². The Hall–Kier alpha value is -4.69. The van der Waals surface area contributed by atoms with Crippen molar-refractivity contribution < 1.29 is 33.4 Å². The molecule has 47 heavy (non-hydrogen) atoms. The number of aryl methyl sites for hydroxylation is 1. The van der Waals surface area contributed by atoms with Gasteiger partial charge in [-0.25, -0.2) is 9.59 Å². The van der Waals surface area contributed by atoms with Gasteiger partial charge in [-0.15, -0.1) is 21.5 Å². The fraction of sp³-hybridized carbons (Fsp3) is 0.333. The highest BCUT2D eigenvalue weighted by Gasteiger charge is 2.29. The summed E-state index contributed by atoms with van der Waals surface area (Å²) < 4.78 is 17.5. The average molecular weight is 680 g/mol. The third-order valence-electron chi connectivity index (χ3n) is 6.97. The summed E-state index contributed by atoms with van der Waals surface area (Å²) in [6.07, 6.45) is 0.665. The third-order valence-corrected chi connectivity index (χ3v) is 9.24. The average Bonchev–Trinajstić information content (AvgIpc) is 3.62. The summed E-state index contributed by atoms with van der Waals surface area (Å²) in [4.78, 5) is 51.9. The van der Waals surface area contributed by atoms with Crippen LogP contribution in [0.3, 0.4) is 0 Å². The number of ether oxygens (including phenoxy) is 3. The molecular weight excluding hydrogens is 643 g/mol. The van der Waals surface area contributed by atoms with Crippen molar-refractivity contribution in [2.75, 3.05) is 25.6 Å². The predicted octanol–water partition coefficient (Wildman–Crippen LogP) is 5.30. The number of esters is 2. The van der Waals surface area contributed by atoms with Gasteiger partial charge in [-0.3, -0.25) is 9.59 Å². The molecule has 12 nitrogen and oxygen atoms in total. The molecule has 4 rings (SSSR count). The van der Waals surface area contributed by atoms with E-state index in [0.717, 1.165) is 16.9 Å². The van der Waals surface area contributed by atoms with Crippen LogP contribution in [0.4, 0.5) is 5.00 Å². The molecule has 1 atom stereocenters. The normalized spacial score (nSPS) is 11.4. The molecule has 0 saturated heterocycles. The number of methoxy groups -OCH3 is 1. The second-order valence-electron chi connectivity index (χ2n) is 10.2. The standard InChI is InChI=1S/C33H37N5O7S2/c1-6-44-31(41)26-20(3)27(32(42)45-7-2)47-30(26)35-28(39)21(4)46-33-37-36-25(38(33)17-16-22-12-9-8-10-13-22)19-34-29(40)23-14-11-15-24(18-23)43-5/h8-15,18,21H,6-7,16-17,19H2,1-5H3,(H,34,40)(H,35,39)/t21-/m1/s1. The maximum atomic E-state index is 13.5. The number of aromatic nitrogens is 3. The Morgan fingerprint density at radius 1 is 0.979 bits per heavy atom. The minimum atomic E-state index is -0.683. The molecule has 0 bridgehead atoms. The van der Waals surface area contributed by atoms with Crippen LogP contribution in [0.15, 0.2) is 59.8 Å². The molecule has 14 heteroatoms. The van der Waals surface area contributed by atoms with Gasteiger partial charge in [0.1, 0.15) is 15.6 Å². The lowest BCUT2D eigenvalue weighted by Crippen LogP contribution is -2.26. The van der Waals surface area contributed by atoms with Gasteiger partial charge in [0.05, 0.1) is 37.7 Å². The van der Waals surface area contributed by atoms with Gasteiger partial charge in [-0.2, -0.15) is 0 Å². The van der Waals surface area contributed by atoms with E-state index in [2.05, 4.69) is 20.8 Å². The molecule has 0 unspecified atom stereocenters. The van der Waals surface area contributed by atoms with Crippen LogP contribution < -0.4 is 15.4 Å². The number of thiophene rings is 1. The summed E-state index contributed by atoms with van der Waals surface area (Å²) in [5.74, 6) is -0.852. The van der Waals surface area contributed by atoms with Gasteiger partial charge in [0.25, 0.3) is 5.91 Å². The molecule has 2 N–H and O–H groups in total. The van der Waals surface area contributed by atoms with Gasteiger partial charge in [0.15, 0.2) is 11.0 Å². The maximum Gasteiger partial charge on any atom is 0.348 e. The van der Waals surface area contributed by atoms with Crippen LogP contribution in [0.5, 0.6) is 5.75 Å². The van der Waals surface area contributed by atoms with E-state index < -0.39 is 23.1 Å². The largest absolute Gasteiger partial charge is 0.497 e. The third kappa shape index (κ3) is 8.98. The topological polar surface area (TPSA) is 151 Å². The Bertz CT molecular complexity index is 1720. The number of nitrogens with zero attached hydrogens (tertiary/aromatic N) is 3. The second-order valence-corrected chi connectivity index (χ2v) is 12.5. The molecule has 0 saturated carbocycles. The Morgan fingerprint density at radius 2 is 1.70 bits per heavy atom. The van der Waals surface area contributed by atoms with Crippen molar-refractivity contribution in [1.29, 1.82) is 0 Å². The molecule has 0 fully saturated rings. The summed E-state index contributed by atoms with van der Waals surface area (Å²) >= 11 is 2.15. The van der Waals surface area contributed by atoms with Crippen molar-refractivity contribution in [3.8, 4) is 5.75 Å². The molecule has 0 aliphatic rings. The second kappa shape index (κ2) is 16.7. The Balaban J connectivity index is 1.54. The zero-order valence-electron chi connectivity index (χ0n) is 26.8. The van der Waals surface area contributed by atoms with E-state index in [9.17, 15) is 19.2 Å². The lowest BCUT2D eigenvalue weighted by Gasteiger charge is -2.14. The van der Waals surface area contributed by atoms with Gasteiger partial charge in [-0.05, 0) is 63.4 Å². The lowest BCUT2D eigenvalue weighted by molar-refractivity contribution is -0.115. The summed E-state index contributed by atoms with van der Waals surface area (Å²) in [6.45, 7) is 7.58. The lowest BCUT2D eigenvalue weighted by atomic mass is 10.1. The van der Waals surface area contributed by atoms with Crippen molar-refractivity contribution in [2.24, 2.45) is 0 Å². The number of anilines is 1. The van der Waals surface area contributed by atoms with E-state index in [1.54, 1.807) is 52.0 Å². The fourth-order valence-electron chi connectivity index (χ4n) is 4.54. The molecule has 0 spiro atoms. The van der Waals surface area contributed by atoms with Gasteiger partial charge >= 0.3 is 11.9 Å². The molecular formula is C33H37N5O7S2. The Labute approximate surface area is 281 Å². The van der Waals surface area contributed by atoms with Crippen LogP contribution in [0.2, 0.25) is 0 Å². The number of thioether (sulfide) groups is 1. The first-order valence-corrected chi connectivity index (χ1v) is 16.7.